The molecule has 1 rings (SSSR count). The predicted octanol–water partition coefficient (Wildman–Crippen LogP) is -0.425. The summed E-state index contributed by atoms with van der Waals surface area (Å²) < 4.78 is -0.1000. The molecule has 0 aliphatic rings. The first-order valence-corrected chi connectivity index (χ1v) is 5.21. The molecule has 1 aromatic carbocycles. The Morgan fingerprint density at radius 1 is 1.12 bits per heavy atom. The summed E-state index contributed by atoms with van der Waals surface area (Å²) in [4.78, 5) is 12.1. The van der Waals surface area contributed by atoms with Gasteiger partial charge in [0.2, 0.25) is 11.8 Å². The predicted molar refractivity (Wildman–Crippen MR) is 62.0 cm³/mol. The van der Waals surface area contributed by atoms with Gasteiger partial charge in [0.05, 0.1) is 21.1 Å². The van der Waals surface area contributed by atoms with E-state index in [1.54, 1.807) is 51.5 Å². The van der Waals surface area contributed by atoms with Crippen molar-refractivity contribution < 1.29 is 24.6 Å². The van der Waals surface area contributed by atoms with E-state index in [0.717, 1.165) is 0 Å². The van der Waals surface area contributed by atoms with Crippen molar-refractivity contribution in [1.29, 1.82) is 0 Å². The lowest BCUT2D eigenvalue weighted by Gasteiger charge is -2.37. The van der Waals surface area contributed by atoms with Crippen molar-refractivity contribution in [2.45, 2.75) is 12.0 Å². The molecule has 0 aliphatic heterocycles. The van der Waals surface area contributed by atoms with Crippen molar-refractivity contribution >= 4 is 5.78 Å². The van der Waals surface area contributed by atoms with Crippen LogP contribution in [0.5, 0.6) is 0 Å². The molecule has 1 unspecified atom stereocenters. The lowest BCUT2D eigenvalue weighted by molar-refractivity contribution is -0.902. The SMILES string of the molecule is C[N+](C)(C)C(C(=O)c1ccccc1)C(O)(O)O. The van der Waals surface area contributed by atoms with Gasteiger partial charge in [0.1, 0.15) is 0 Å². The van der Waals surface area contributed by atoms with E-state index in [0.29, 0.717) is 5.56 Å². The molecule has 1 atom stereocenters. The molecule has 5 nitrogen and oxygen atoms in total. The Morgan fingerprint density at radius 3 is 1.94 bits per heavy atom. The zero-order valence-corrected chi connectivity index (χ0v) is 10.2. The molecule has 0 amide bonds. The first-order chi connectivity index (χ1) is 7.64. The van der Waals surface area contributed by atoms with Gasteiger partial charge in [-0.3, -0.25) is 4.79 Å². The minimum Gasteiger partial charge on any atom is -0.338 e. The second-order valence-electron chi connectivity index (χ2n) is 4.94. The molecule has 0 bridgehead atoms. The Labute approximate surface area is 100 Å². The smallest absolute Gasteiger partial charge is 0.338 e. The van der Waals surface area contributed by atoms with Crippen LogP contribution in [0.4, 0.5) is 0 Å². The first kappa shape index (κ1) is 13.8. The van der Waals surface area contributed by atoms with Gasteiger partial charge in [0.25, 0.3) is 0 Å². The van der Waals surface area contributed by atoms with Crippen LogP contribution in [0.1, 0.15) is 10.4 Å². The summed E-state index contributed by atoms with van der Waals surface area (Å²) in [6.45, 7) is 0. The fourth-order valence-electron chi connectivity index (χ4n) is 1.81. The third kappa shape index (κ3) is 3.34. The van der Waals surface area contributed by atoms with Gasteiger partial charge in [0, 0.05) is 5.56 Å². The lowest BCUT2D eigenvalue weighted by Crippen LogP contribution is -2.62. The molecule has 3 N–H and O–H groups in total. The summed E-state index contributed by atoms with van der Waals surface area (Å²) in [6.07, 6.45) is 0. The van der Waals surface area contributed by atoms with E-state index < -0.39 is 17.8 Å². The summed E-state index contributed by atoms with van der Waals surface area (Å²) in [7, 11) is 4.80. The highest BCUT2D eigenvalue weighted by Gasteiger charge is 2.48. The highest BCUT2D eigenvalue weighted by Crippen LogP contribution is 2.19. The molecule has 5 heteroatoms. The van der Waals surface area contributed by atoms with Crippen LogP contribution in [0, 0.1) is 0 Å². The van der Waals surface area contributed by atoms with Crippen LogP contribution in [-0.2, 0) is 0 Å². The number of benzene rings is 1. The van der Waals surface area contributed by atoms with Crippen LogP contribution < -0.4 is 0 Å². The fourth-order valence-corrected chi connectivity index (χ4v) is 1.81. The van der Waals surface area contributed by atoms with Crippen LogP contribution in [0.2, 0.25) is 0 Å². The van der Waals surface area contributed by atoms with E-state index in [2.05, 4.69) is 0 Å². The quantitative estimate of drug-likeness (QED) is 0.379. The van der Waals surface area contributed by atoms with Crippen molar-refractivity contribution in [3.8, 4) is 0 Å². The van der Waals surface area contributed by atoms with Gasteiger partial charge in [-0.25, -0.2) is 0 Å². The molecule has 0 saturated heterocycles. The second-order valence-corrected chi connectivity index (χ2v) is 4.94. The summed E-state index contributed by atoms with van der Waals surface area (Å²) in [5, 5.41) is 28.0. The number of Topliss-reactive ketones (excluding diaryl/α,β-unsaturated/α-hetero) is 1. The van der Waals surface area contributed by atoms with E-state index in [4.69, 9.17) is 0 Å². The summed E-state index contributed by atoms with van der Waals surface area (Å²) in [5.41, 5.74) is 0.326. The second kappa shape index (κ2) is 4.54. The van der Waals surface area contributed by atoms with Crippen molar-refractivity contribution in [2.24, 2.45) is 0 Å². The topological polar surface area (TPSA) is 77.8 Å². The summed E-state index contributed by atoms with van der Waals surface area (Å²) >= 11 is 0. The van der Waals surface area contributed by atoms with Gasteiger partial charge >= 0.3 is 5.97 Å². The molecule has 0 aromatic heterocycles. The number of carbonyl (C=O) groups is 1. The number of likely N-dealkylation sites (N-methyl/N-ethyl adjacent to an activating group) is 1. The molecular formula is C12H18NO4+. The monoisotopic (exact) mass is 240 g/mol. The van der Waals surface area contributed by atoms with Gasteiger partial charge in [-0.05, 0) is 0 Å². The van der Waals surface area contributed by atoms with Crippen molar-refractivity contribution in [2.75, 3.05) is 21.1 Å². The molecule has 0 spiro atoms. The van der Waals surface area contributed by atoms with E-state index in [1.165, 1.54) is 0 Å². The Morgan fingerprint density at radius 2 is 1.59 bits per heavy atom. The van der Waals surface area contributed by atoms with Gasteiger partial charge in [-0.1, -0.05) is 30.3 Å². The Hall–Kier alpha value is -1.27. The number of quaternary nitrogens is 1. The van der Waals surface area contributed by atoms with Gasteiger partial charge in [0.15, 0.2) is 0 Å². The van der Waals surface area contributed by atoms with Crippen LogP contribution in [0.3, 0.4) is 0 Å². The number of rotatable bonds is 4. The first-order valence-electron chi connectivity index (χ1n) is 5.21. The Kier molecular flexibility index (Phi) is 3.68. The highest BCUT2D eigenvalue weighted by atomic mass is 16.7. The highest BCUT2D eigenvalue weighted by molar-refractivity contribution is 5.99. The minimum atomic E-state index is -3.05. The summed E-state index contributed by atoms with van der Waals surface area (Å²) in [5.74, 6) is -3.57. The molecule has 0 fully saturated rings. The molecule has 0 saturated carbocycles. The molecule has 17 heavy (non-hydrogen) atoms. The average Bonchev–Trinajstić information content (AvgIpc) is 2.14. The van der Waals surface area contributed by atoms with Crippen LogP contribution >= 0.6 is 0 Å². The Bertz CT molecular complexity index is 375. The number of carbonyl (C=O) groups excluding carboxylic acids is 1. The maximum absolute atomic E-state index is 12.1. The van der Waals surface area contributed by atoms with E-state index in [-0.39, 0.29) is 4.48 Å². The van der Waals surface area contributed by atoms with Crippen molar-refractivity contribution in [3.05, 3.63) is 35.9 Å². The zero-order chi connectivity index (χ0) is 13.3. The third-order valence-electron chi connectivity index (χ3n) is 2.45. The molecule has 1 aromatic rings. The molecule has 0 heterocycles. The van der Waals surface area contributed by atoms with E-state index >= 15 is 0 Å². The van der Waals surface area contributed by atoms with Gasteiger partial charge in [-0.2, -0.15) is 0 Å². The van der Waals surface area contributed by atoms with Gasteiger partial charge < -0.3 is 19.8 Å². The van der Waals surface area contributed by atoms with Crippen LogP contribution in [-0.4, -0.2) is 58.7 Å². The standard InChI is InChI=1S/C12H18NO4/c1-13(2,3)11(12(15,16)17)10(14)9-7-5-4-6-8-9/h4-8,11,15-17H,1-3H3/q+1. The largest absolute Gasteiger partial charge is 0.339 e. The normalized spacial score (nSPS) is 14.5. The Balaban J connectivity index is 3.14. The maximum atomic E-state index is 12.1. The molecule has 0 radical (unpaired) electrons. The van der Waals surface area contributed by atoms with Crippen molar-refractivity contribution in [3.63, 3.8) is 0 Å². The number of aliphatic hydroxyl groups is 3. The number of hydrogen-bond donors (Lipinski definition) is 3. The van der Waals surface area contributed by atoms with Crippen LogP contribution in [0.25, 0.3) is 0 Å². The van der Waals surface area contributed by atoms with Crippen molar-refractivity contribution in [1.82, 2.24) is 0 Å². The van der Waals surface area contributed by atoms with E-state index in [1.807, 2.05) is 0 Å². The number of hydrogen-bond acceptors (Lipinski definition) is 4. The summed E-state index contributed by atoms with van der Waals surface area (Å²) in [6, 6.07) is 6.86. The maximum Gasteiger partial charge on any atom is 0.339 e. The fraction of sp³-hybridized carbons (Fsp3) is 0.417. The van der Waals surface area contributed by atoms with Gasteiger partial charge in [-0.15, -0.1) is 0 Å². The molecular weight excluding hydrogens is 222 g/mol. The van der Waals surface area contributed by atoms with E-state index in [9.17, 15) is 20.1 Å². The molecule has 94 valence electrons. The molecule has 0 aliphatic carbocycles. The zero-order valence-electron chi connectivity index (χ0n) is 10.2. The average molecular weight is 240 g/mol. The third-order valence-corrected chi connectivity index (χ3v) is 2.45. The number of nitrogens with zero attached hydrogens (tertiary/aromatic N) is 1. The lowest BCUT2D eigenvalue weighted by atomic mass is 10.00. The minimum absolute atomic E-state index is 0.1000. The number of ketones is 1. The van der Waals surface area contributed by atoms with Crippen LogP contribution in [0.15, 0.2) is 30.3 Å².